The van der Waals surface area contributed by atoms with Crippen LogP contribution in [0.1, 0.15) is 55.7 Å². The highest BCUT2D eigenvalue weighted by atomic mass is 16.5. The summed E-state index contributed by atoms with van der Waals surface area (Å²) < 4.78 is 19.0. The largest absolute Gasteiger partial charge is 0.493 e. The van der Waals surface area contributed by atoms with Crippen molar-refractivity contribution < 1.29 is 23.8 Å². The number of fused-ring (bicyclic) bond motifs is 3. The van der Waals surface area contributed by atoms with Gasteiger partial charge in [-0.3, -0.25) is 19.1 Å². The zero-order valence-corrected chi connectivity index (χ0v) is 26.8. The Morgan fingerprint density at radius 2 is 1.77 bits per heavy atom. The molecule has 2 aromatic carbocycles. The fourth-order valence-electron chi connectivity index (χ4n) is 5.83. The number of hydrogen-bond acceptors (Lipinski definition) is 8. The first kappa shape index (κ1) is 32.4. The molecular weight excluding hydrogens is 562 g/mol. The number of hydrogen-bond donors (Lipinski definition) is 3. The zero-order valence-electron chi connectivity index (χ0n) is 26.8. The quantitative estimate of drug-likeness (QED) is 0.300. The molecular formula is C33H43N5O6. The Balaban J connectivity index is 1.74. The maximum atomic E-state index is 13.7. The van der Waals surface area contributed by atoms with Crippen LogP contribution in [0.25, 0.3) is 11.1 Å². The first-order valence-electron chi connectivity index (χ1n) is 14.8. The summed E-state index contributed by atoms with van der Waals surface area (Å²) in [6.45, 7) is 10.1. The van der Waals surface area contributed by atoms with Gasteiger partial charge in [-0.05, 0) is 73.6 Å². The van der Waals surface area contributed by atoms with E-state index in [-0.39, 0.29) is 28.8 Å². The average molecular weight is 606 g/mol. The lowest BCUT2D eigenvalue weighted by Gasteiger charge is -2.22. The van der Waals surface area contributed by atoms with Crippen molar-refractivity contribution in [2.75, 3.05) is 33.2 Å². The number of aryl methyl sites for hydroxylation is 3. The summed E-state index contributed by atoms with van der Waals surface area (Å²) in [5, 5.41) is 13.7. The monoisotopic (exact) mass is 605 g/mol. The van der Waals surface area contributed by atoms with Gasteiger partial charge in [0.25, 0.3) is 0 Å². The van der Waals surface area contributed by atoms with Gasteiger partial charge < -0.3 is 30.2 Å². The molecule has 2 atom stereocenters. The molecule has 0 unspecified atom stereocenters. The number of ether oxygens (including phenoxy) is 3. The van der Waals surface area contributed by atoms with Crippen LogP contribution in [0.4, 0.5) is 5.69 Å². The molecule has 236 valence electrons. The molecule has 1 aliphatic rings. The Morgan fingerprint density at radius 3 is 2.36 bits per heavy atom. The predicted octanol–water partition coefficient (Wildman–Crippen LogP) is 3.93. The number of nitrogens with zero attached hydrogens (tertiary/aromatic N) is 2. The predicted molar refractivity (Wildman–Crippen MR) is 170 cm³/mol. The van der Waals surface area contributed by atoms with Crippen LogP contribution < -0.4 is 35.6 Å². The molecule has 3 N–H and O–H groups in total. The second-order valence-corrected chi connectivity index (χ2v) is 11.4. The van der Waals surface area contributed by atoms with Crippen molar-refractivity contribution >= 4 is 17.5 Å². The first-order chi connectivity index (χ1) is 21.0. The van der Waals surface area contributed by atoms with Crippen molar-refractivity contribution in [2.45, 2.75) is 66.1 Å². The van der Waals surface area contributed by atoms with E-state index in [1.54, 1.807) is 33.5 Å². The van der Waals surface area contributed by atoms with E-state index in [1.165, 1.54) is 6.92 Å². The van der Waals surface area contributed by atoms with Gasteiger partial charge in [-0.2, -0.15) is 5.10 Å². The van der Waals surface area contributed by atoms with E-state index < -0.39 is 12.1 Å². The molecule has 0 saturated carbocycles. The molecule has 44 heavy (non-hydrogen) atoms. The lowest BCUT2D eigenvalue weighted by Crippen LogP contribution is -2.44. The van der Waals surface area contributed by atoms with Gasteiger partial charge in [0.2, 0.25) is 23.0 Å². The maximum absolute atomic E-state index is 13.7. The number of aromatic nitrogens is 2. The highest BCUT2D eigenvalue weighted by Gasteiger charge is 2.30. The number of nitrogens with one attached hydrogen (secondary N) is 3. The lowest BCUT2D eigenvalue weighted by atomic mass is 9.95. The number of anilines is 1. The molecule has 0 saturated heterocycles. The highest BCUT2D eigenvalue weighted by molar-refractivity contribution is 5.86. The van der Waals surface area contributed by atoms with Gasteiger partial charge in [-0.25, -0.2) is 0 Å². The number of rotatable bonds is 11. The second kappa shape index (κ2) is 13.8. The van der Waals surface area contributed by atoms with Gasteiger partial charge in [0, 0.05) is 24.7 Å². The van der Waals surface area contributed by atoms with Crippen molar-refractivity contribution in [1.29, 1.82) is 0 Å². The Labute approximate surface area is 258 Å². The molecule has 0 bridgehead atoms. The molecule has 11 nitrogen and oxygen atoms in total. The van der Waals surface area contributed by atoms with E-state index in [0.717, 1.165) is 28.1 Å². The molecule has 0 aliphatic heterocycles. The number of amides is 2. The minimum absolute atomic E-state index is 0.115. The summed E-state index contributed by atoms with van der Waals surface area (Å²) in [6.07, 6.45) is 1.15. The van der Waals surface area contributed by atoms with Crippen LogP contribution in [0.2, 0.25) is 0 Å². The molecule has 0 radical (unpaired) electrons. The minimum atomic E-state index is -0.664. The Bertz CT molecular complexity index is 1600. The standard InChI is InChI=1S/C33H43N5O6/c1-18(2)30(33(41)34-13-14-38-20(4)15-19(3)37-38)36-26-12-10-23-24(17-27(26)40)25(35-21(5)39)11-9-22-16-28(42-6)31(43-7)32(44-8)29(22)23/h10,12,15-18,25,30H,9,11,13-14H2,1-8H3,(H,34,41)(H,35,39)(H,36,40)/t25-,30-/m0/s1. The molecule has 11 heteroatoms. The van der Waals surface area contributed by atoms with Crippen molar-refractivity contribution in [1.82, 2.24) is 20.4 Å². The van der Waals surface area contributed by atoms with E-state index in [1.807, 2.05) is 50.6 Å². The summed E-state index contributed by atoms with van der Waals surface area (Å²) in [7, 11) is 4.67. The molecule has 1 aromatic heterocycles. The summed E-state index contributed by atoms with van der Waals surface area (Å²) in [5.74, 6) is 0.899. The van der Waals surface area contributed by atoms with Crippen LogP contribution in [0.3, 0.4) is 0 Å². The summed E-state index contributed by atoms with van der Waals surface area (Å²) in [6, 6.07) is 7.88. The van der Waals surface area contributed by atoms with E-state index in [0.29, 0.717) is 48.7 Å². The zero-order chi connectivity index (χ0) is 32.1. The molecule has 3 aromatic rings. The summed E-state index contributed by atoms with van der Waals surface area (Å²) in [4.78, 5) is 39.3. The van der Waals surface area contributed by atoms with Crippen molar-refractivity contribution in [3.8, 4) is 28.4 Å². The summed E-state index contributed by atoms with van der Waals surface area (Å²) >= 11 is 0. The third-order valence-electron chi connectivity index (χ3n) is 7.90. The molecule has 0 spiro atoms. The third-order valence-corrected chi connectivity index (χ3v) is 7.90. The van der Waals surface area contributed by atoms with E-state index >= 15 is 0 Å². The number of carbonyl (C=O) groups is 2. The van der Waals surface area contributed by atoms with Crippen LogP contribution in [0.15, 0.2) is 35.1 Å². The van der Waals surface area contributed by atoms with Gasteiger partial charge in [0.05, 0.1) is 45.3 Å². The second-order valence-electron chi connectivity index (χ2n) is 11.4. The Morgan fingerprint density at radius 1 is 1.05 bits per heavy atom. The molecule has 1 aliphatic carbocycles. The topological polar surface area (TPSA) is 133 Å². The Hall–Kier alpha value is -4.54. The van der Waals surface area contributed by atoms with Crippen LogP contribution >= 0.6 is 0 Å². The van der Waals surface area contributed by atoms with Gasteiger partial charge in [-0.1, -0.05) is 19.9 Å². The summed E-state index contributed by atoms with van der Waals surface area (Å²) in [5.41, 5.74) is 4.98. The first-order valence-corrected chi connectivity index (χ1v) is 14.8. The van der Waals surface area contributed by atoms with E-state index in [4.69, 9.17) is 14.2 Å². The Kier molecular flexibility index (Phi) is 10.2. The van der Waals surface area contributed by atoms with Gasteiger partial charge in [0.1, 0.15) is 6.04 Å². The highest BCUT2D eigenvalue weighted by Crippen LogP contribution is 2.50. The smallest absolute Gasteiger partial charge is 0.242 e. The minimum Gasteiger partial charge on any atom is -0.493 e. The number of carbonyl (C=O) groups excluding carboxylic acids is 2. The normalized spacial score (nSPS) is 14.5. The molecule has 0 fully saturated rings. The van der Waals surface area contributed by atoms with Crippen molar-refractivity contribution in [2.24, 2.45) is 5.92 Å². The van der Waals surface area contributed by atoms with Crippen molar-refractivity contribution in [3.63, 3.8) is 0 Å². The van der Waals surface area contributed by atoms with Crippen LogP contribution in [0.5, 0.6) is 17.2 Å². The van der Waals surface area contributed by atoms with Gasteiger partial charge in [-0.15, -0.1) is 0 Å². The molecule has 4 rings (SSSR count). The van der Waals surface area contributed by atoms with Crippen molar-refractivity contribution in [3.05, 3.63) is 63.1 Å². The van der Waals surface area contributed by atoms with Crippen LogP contribution in [0, 0.1) is 19.8 Å². The fourth-order valence-corrected chi connectivity index (χ4v) is 5.83. The lowest BCUT2D eigenvalue weighted by molar-refractivity contribution is -0.122. The number of benzene rings is 1. The van der Waals surface area contributed by atoms with Crippen LogP contribution in [-0.2, 0) is 22.6 Å². The van der Waals surface area contributed by atoms with Crippen LogP contribution in [-0.4, -0.2) is 55.5 Å². The van der Waals surface area contributed by atoms with Gasteiger partial charge in [0.15, 0.2) is 11.5 Å². The average Bonchev–Trinajstić information content (AvgIpc) is 3.12. The fraction of sp³-hybridized carbons (Fsp3) is 0.455. The van der Waals surface area contributed by atoms with E-state index in [2.05, 4.69) is 21.0 Å². The van der Waals surface area contributed by atoms with E-state index in [9.17, 15) is 14.4 Å². The van der Waals surface area contributed by atoms with Gasteiger partial charge >= 0.3 is 0 Å². The molecule has 2 amide bonds. The third kappa shape index (κ3) is 6.82. The molecule has 1 heterocycles. The SMILES string of the molecule is COc1cc2c(c(OC)c1OC)-c1ccc(N[C@H](C(=O)NCCn3nc(C)cc3C)C(C)C)c(=O)cc1[C@@H](NC(C)=O)CC2. The maximum Gasteiger partial charge on any atom is 0.242 e. The number of methoxy groups -OCH3 is 3.